The van der Waals surface area contributed by atoms with Crippen LogP contribution in [0.5, 0.6) is 0 Å². The fraction of sp³-hybridized carbons (Fsp3) is 0.267. The van der Waals surface area contributed by atoms with Crippen molar-refractivity contribution < 1.29 is 26.7 Å². The fourth-order valence-corrected chi connectivity index (χ4v) is 4.39. The van der Waals surface area contributed by atoms with Crippen molar-refractivity contribution in [3.05, 3.63) is 53.7 Å². The number of rotatable bonds is 3. The standard InChI is InChI=1S/C15H12ClF3N2O3S/c16-10-6-7-13-20-14(22,15(17,18)19)12(21(13)8-10)9-25(23,24)11-4-2-1-3-5-11/h1-8,12,22H,9H2/t12-,14-/m0/s1. The summed E-state index contributed by atoms with van der Waals surface area (Å²) in [7, 11) is -4.11. The number of amidine groups is 1. The number of sulfone groups is 1. The van der Waals surface area contributed by atoms with E-state index >= 15 is 0 Å². The number of hydrogen-bond acceptors (Lipinski definition) is 5. The van der Waals surface area contributed by atoms with Gasteiger partial charge in [0.1, 0.15) is 11.9 Å². The number of halogens is 4. The van der Waals surface area contributed by atoms with Gasteiger partial charge in [0.2, 0.25) is 0 Å². The van der Waals surface area contributed by atoms with Crippen molar-refractivity contribution in [2.45, 2.75) is 22.8 Å². The molecule has 2 atom stereocenters. The Labute approximate surface area is 146 Å². The number of hydrogen-bond donors (Lipinski definition) is 1. The van der Waals surface area contributed by atoms with Gasteiger partial charge in [0.05, 0.1) is 15.7 Å². The molecule has 10 heteroatoms. The molecule has 0 saturated carbocycles. The molecular formula is C15H12ClF3N2O3S. The van der Waals surface area contributed by atoms with Crippen molar-refractivity contribution in [2.24, 2.45) is 4.99 Å². The minimum atomic E-state index is -5.16. The molecular weight excluding hydrogens is 381 g/mol. The molecule has 1 N–H and O–H groups in total. The lowest BCUT2D eigenvalue weighted by molar-refractivity contribution is -0.264. The highest BCUT2D eigenvalue weighted by Gasteiger charge is 2.65. The summed E-state index contributed by atoms with van der Waals surface area (Å²) in [5.74, 6) is -1.20. The zero-order valence-electron chi connectivity index (χ0n) is 12.5. The van der Waals surface area contributed by atoms with Crippen LogP contribution >= 0.6 is 11.6 Å². The molecule has 0 fully saturated rings. The van der Waals surface area contributed by atoms with Crippen LogP contribution in [0.3, 0.4) is 0 Å². The van der Waals surface area contributed by atoms with Crippen LogP contribution in [0.2, 0.25) is 0 Å². The predicted octanol–water partition coefficient (Wildman–Crippen LogP) is 2.44. The number of nitrogens with zero attached hydrogens (tertiary/aromatic N) is 2. The highest BCUT2D eigenvalue weighted by molar-refractivity contribution is 7.91. The first-order valence-corrected chi connectivity index (χ1v) is 9.08. The van der Waals surface area contributed by atoms with Gasteiger partial charge in [0.15, 0.2) is 9.84 Å². The van der Waals surface area contributed by atoms with E-state index in [1.165, 1.54) is 36.4 Å². The van der Waals surface area contributed by atoms with Crippen LogP contribution in [0, 0.1) is 0 Å². The number of alkyl halides is 3. The van der Waals surface area contributed by atoms with E-state index < -0.39 is 33.5 Å². The summed E-state index contributed by atoms with van der Waals surface area (Å²) < 4.78 is 65.4. The monoisotopic (exact) mass is 392 g/mol. The van der Waals surface area contributed by atoms with Gasteiger partial charge in [-0.1, -0.05) is 29.8 Å². The van der Waals surface area contributed by atoms with Crippen LogP contribution in [0.1, 0.15) is 0 Å². The Balaban J connectivity index is 2.04. The van der Waals surface area contributed by atoms with Crippen molar-refractivity contribution in [2.75, 3.05) is 5.75 Å². The van der Waals surface area contributed by atoms with Gasteiger partial charge in [0, 0.05) is 6.20 Å². The van der Waals surface area contributed by atoms with Gasteiger partial charge in [-0.15, -0.1) is 0 Å². The Hall–Kier alpha value is -1.84. The third-order valence-electron chi connectivity index (χ3n) is 3.90. The van der Waals surface area contributed by atoms with E-state index in [4.69, 9.17) is 11.6 Å². The Bertz CT molecular complexity index is 881. The summed E-state index contributed by atoms with van der Waals surface area (Å²) in [4.78, 5) is 4.12. The van der Waals surface area contributed by atoms with Crippen LogP contribution in [0.25, 0.3) is 0 Å². The third-order valence-corrected chi connectivity index (χ3v) is 5.87. The molecule has 2 aliphatic heterocycles. The summed E-state index contributed by atoms with van der Waals surface area (Å²) in [5.41, 5.74) is -3.56. The number of aliphatic hydroxyl groups is 1. The van der Waals surface area contributed by atoms with E-state index in [9.17, 15) is 26.7 Å². The van der Waals surface area contributed by atoms with Gasteiger partial charge >= 0.3 is 6.18 Å². The first kappa shape index (κ1) is 18.0. The van der Waals surface area contributed by atoms with Gasteiger partial charge < -0.3 is 10.0 Å². The van der Waals surface area contributed by atoms with Crippen LogP contribution < -0.4 is 0 Å². The van der Waals surface area contributed by atoms with Crippen LogP contribution in [0.15, 0.2) is 63.6 Å². The largest absolute Gasteiger partial charge is 0.440 e. The molecule has 0 unspecified atom stereocenters. The molecule has 25 heavy (non-hydrogen) atoms. The van der Waals surface area contributed by atoms with E-state index in [-0.39, 0.29) is 15.8 Å². The third kappa shape index (κ3) is 3.07. The van der Waals surface area contributed by atoms with Gasteiger partial charge in [0.25, 0.3) is 5.72 Å². The molecule has 1 aromatic rings. The molecule has 1 aromatic carbocycles. The van der Waals surface area contributed by atoms with Crippen molar-refractivity contribution in [3.63, 3.8) is 0 Å². The van der Waals surface area contributed by atoms with Gasteiger partial charge in [-0.3, -0.25) is 0 Å². The Morgan fingerprint density at radius 3 is 2.48 bits per heavy atom. The number of allylic oxidation sites excluding steroid dienone is 2. The first-order chi connectivity index (χ1) is 11.5. The van der Waals surface area contributed by atoms with Crippen molar-refractivity contribution in [3.8, 4) is 0 Å². The highest BCUT2D eigenvalue weighted by atomic mass is 35.5. The van der Waals surface area contributed by atoms with Crippen molar-refractivity contribution in [1.29, 1.82) is 0 Å². The first-order valence-electron chi connectivity index (χ1n) is 7.05. The average molecular weight is 393 g/mol. The van der Waals surface area contributed by atoms with E-state index in [1.54, 1.807) is 6.07 Å². The molecule has 2 aliphatic rings. The van der Waals surface area contributed by atoms with Crippen LogP contribution in [-0.2, 0) is 9.84 Å². The minimum absolute atomic E-state index is 0.0903. The lowest BCUT2D eigenvalue weighted by Crippen LogP contribution is -2.57. The molecule has 0 aliphatic carbocycles. The lowest BCUT2D eigenvalue weighted by Gasteiger charge is -2.33. The SMILES string of the molecule is O=S(=O)(C[C@@H]1N2C=C(Cl)C=CC2=N[C@@]1(O)C(F)(F)F)c1ccccc1. The molecule has 134 valence electrons. The molecule has 0 radical (unpaired) electrons. The maximum absolute atomic E-state index is 13.5. The lowest BCUT2D eigenvalue weighted by atomic mass is 10.1. The molecule has 0 spiro atoms. The normalized spacial score (nSPS) is 26.3. The quantitative estimate of drug-likeness (QED) is 0.857. The molecule has 2 heterocycles. The van der Waals surface area contributed by atoms with Gasteiger partial charge in [-0.2, -0.15) is 13.2 Å². The summed E-state index contributed by atoms with van der Waals surface area (Å²) >= 11 is 5.81. The summed E-state index contributed by atoms with van der Waals surface area (Å²) in [6.45, 7) is 0. The molecule has 5 nitrogen and oxygen atoms in total. The van der Waals surface area contributed by atoms with Gasteiger partial charge in [-0.05, 0) is 24.3 Å². The molecule has 3 rings (SSSR count). The van der Waals surface area contributed by atoms with E-state index in [1.807, 2.05) is 0 Å². The zero-order valence-corrected chi connectivity index (χ0v) is 14.1. The summed E-state index contributed by atoms with van der Waals surface area (Å²) in [6.07, 6.45) is -1.55. The second-order valence-electron chi connectivity index (χ2n) is 5.56. The van der Waals surface area contributed by atoms with Crippen molar-refractivity contribution in [1.82, 2.24) is 4.90 Å². The summed E-state index contributed by atoms with van der Waals surface area (Å²) in [6, 6.07) is 5.15. The smallest absolute Gasteiger partial charge is 0.360 e. The average Bonchev–Trinajstić information content (AvgIpc) is 2.81. The second kappa shape index (κ2) is 5.86. The Morgan fingerprint density at radius 2 is 1.88 bits per heavy atom. The number of benzene rings is 1. The Kier molecular flexibility index (Phi) is 4.21. The second-order valence-corrected chi connectivity index (χ2v) is 8.03. The summed E-state index contributed by atoms with van der Waals surface area (Å²) in [5, 5.41) is 10.3. The van der Waals surface area contributed by atoms with E-state index in [0.717, 1.165) is 11.1 Å². The van der Waals surface area contributed by atoms with Crippen LogP contribution in [-0.4, -0.2) is 48.0 Å². The molecule has 0 saturated heterocycles. The Morgan fingerprint density at radius 1 is 1.24 bits per heavy atom. The van der Waals surface area contributed by atoms with E-state index in [0.29, 0.717) is 0 Å². The van der Waals surface area contributed by atoms with E-state index in [2.05, 4.69) is 4.99 Å². The number of fused-ring (bicyclic) bond motifs is 1. The topological polar surface area (TPSA) is 70.0 Å². The molecule has 0 aromatic heterocycles. The maximum atomic E-state index is 13.5. The van der Waals surface area contributed by atoms with Gasteiger partial charge in [-0.25, -0.2) is 13.4 Å². The predicted molar refractivity (Wildman–Crippen MR) is 85.6 cm³/mol. The minimum Gasteiger partial charge on any atom is -0.360 e. The molecule has 0 bridgehead atoms. The van der Waals surface area contributed by atoms with Crippen molar-refractivity contribution >= 4 is 27.3 Å². The number of aliphatic imine (C=N–C) groups is 1. The molecule has 0 amide bonds. The zero-order chi connectivity index (χ0) is 18.5. The van der Waals surface area contributed by atoms with Crippen LogP contribution in [0.4, 0.5) is 13.2 Å². The highest BCUT2D eigenvalue weighted by Crippen LogP contribution is 2.42. The maximum Gasteiger partial charge on any atom is 0.440 e. The fourth-order valence-electron chi connectivity index (χ4n) is 2.65.